The van der Waals surface area contributed by atoms with E-state index in [4.69, 9.17) is 0 Å². The van der Waals surface area contributed by atoms with Crippen molar-refractivity contribution in [3.8, 4) is 11.8 Å². The van der Waals surface area contributed by atoms with Gasteiger partial charge in [-0.2, -0.15) is 4.98 Å². The van der Waals surface area contributed by atoms with Crippen LogP contribution in [0.2, 0.25) is 0 Å². The minimum Gasteiger partial charge on any atom is -0.481 e. The van der Waals surface area contributed by atoms with Crippen LogP contribution >= 0.6 is 15.9 Å². The fourth-order valence-corrected chi connectivity index (χ4v) is 1.69. The molecule has 18 heavy (non-hydrogen) atoms. The predicted octanol–water partition coefficient (Wildman–Crippen LogP) is 3.82. The van der Waals surface area contributed by atoms with Gasteiger partial charge in [0.1, 0.15) is 0 Å². The van der Waals surface area contributed by atoms with Gasteiger partial charge >= 0.3 is 6.36 Å². The highest BCUT2D eigenvalue weighted by Gasteiger charge is 2.33. The molecule has 0 radical (unpaired) electrons. The first-order valence-electron chi connectivity index (χ1n) is 4.46. The lowest BCUT2D eigenvalue weighted by Crippen LogP contribution is -2.18. The summed E-state index contributed by atoms with van der Waals surface area (Å²) in [5.41, 5.74) is -0.653. The molecule has 1 heterocycles. The lowest BCUT2D eigenvalue weighted by Gasteiger charge is -2.14. The van der Waals surface area contributed by atoms with Crippen LogP contribution in [0.4, 0.5) is 22.0 Å². The molecule has 0 aliphatic rings. The molecule has 1 rings (SSSR count). The summed E-state index contributed by atoms with van der Waals surface area (Å²) in [5.74, 6) is -1.45. The van der Waals surface area contributed by atoms with Gasteiger partial charge in [-0.3, -0.25) is 0 Å². The van der Waals surface area contributed by atoms with E-state index in [1.165, 1.54) is 0 Å². The fourth-order valence-electron chi connectivity index (χ4n) is 1.23. The number of aromatic nitrogens is 1. The Morgan fingerprint density at radius 1 is 1.39 bits per heavy atom. The summed E-state index contributed by atoms with van der Waals surface area (Å²) in [6.07, 6.45) is -7.87. The van der Waals surface area contributed by atoms with Crippen LogP contribution in [-0.4, -0.2) is 18.5 Å². The van der Waals surface area contributed by atoms with E-state index in [9.17, 15) is 22.0 Å². The zero-order valence-corrected chi connectivity index (χ0v) is 10.5. The summed E-state index contributed by atoms with van der Waals surface area (Å²) < 4.78 is 69.6. The lowest BCUT2D eigenvalue weighted by atomic mass is 10.1. The number of pyridine rings is 1. The van der Waals surface area contributed by atoms with Crippen molar-refractivity contribution in [1.82, 2.24) is 4.98 Å². The Labute approximate surface area is 107 Å². The summed E-state index contributed by atoms with van der Waals surface area (Å²) in [5, 5.41) is -0.0836. The second-order valence-electron chi connectivity index (χ2n) is 3.02. The number of nitrogens with zero attached hydrogens (tertiary/aromatic N) is 1. The predicted molar refractivity (Wildman–Crippen MR) is 55.1 cm³/mol. The van der Waals surface area contributed by atoms with Crippen LogP contribution in [0.1, 0.15) is 17.6 Å². The second kappa shape index (κ2) is 5.68. The lowest BCUT2D eigenvalue weighted by molar-refractivity contribution is -0.276. The molecular weight excluding hydrogens is 329 g/mol. The zero-order chi connectivity index (χ0) is 13.9. The Morgan fingerprint density at radius 2 is 2.00 bits per heavy atom. The first-order valence-corrected chi connectivity index (χ1v) is 5.58. The van der Waals surface area contributed by atoms with E-state index in [1.807, 2.05) is 0 Å². The van der Waals surface area contributed by atoms with Crippen molar-refractivity contribution in [3.63, 3.8) is 0 Å². The molecule has 0 aromatic carbocycles. The molecule has 102 valence electrons. The molecule has 0 amide bonds. The molecule has 3 nitrogen and oxygen atoms in total. The molecule has 0 atom stereocenters. The van der Waals surface area contributed by atoms with Gasteiger partial charge in [0, 0.05) is 11.4 Å². The van der Waals surface area contributed by atoms with Crippen molar-refractivity contribution < 1.29 is 31.4 Å². The SMILES string of the molecule is COc1nc(OC(F)(F)F)cc(CBr)c1C(F)F. The number of hydrogen-bond donors (Lipinski definition) is 0. The Bertz CT molecular complexity index is 399. The molecule has 0 N–H and O–H groups in total. The van der Waals surface area contributed by atoms with Gasteiger partial charge in [0.05, 0.1) is 12.7 Å². The highest BCUT2D eigenvalue weighted by Crippen LogP contribution is 2.35. The Hall–Kier alpha value is -1.12. The molecule has 1 aromatic rings. The van der Waals surface area contributed by atoms with Crippen LogP contribution in [0.5, 0.6) is 11.8 Å². The molecular formula is C9H7BrF5NO2. The molecule has 0 aliphatic heterocycles. The van der Waals surface area contributed by atoms with Crippen LogP contribution in [0, 0.1) is 0 Å². The van der Waals surface area contributed by atoms with Crippen molar-refractivity contribution in [2.45, 2.75) is 18.1 Å². The van der Waals surface area contributed by atoms with E-state index >= 15 is 0 Å². The van der Waals surface area contributed by atoms with Gasteiger partial charge in [-0.15, -0.1) is 13.2 Å². The molecule has 0 saturated carbocycles. The van der Waals surface area contributed by atoms with E-state index in [1.54, 1.807) is 0 Å². The summed E-state index contributed by atoms with van der Waals surface area (Å²) in [7, 11) is 1.03. The fraction of sp³-hybridized carbons (Fsp3) is 0.444. The number of ether oxygens (including phenoxy) is 2. The Kier molecular flexibility index (Phi) is 4.71. The standard InChI is InChI=1S/C9H7BrF5NO2/c1-17-8-6(7(11)12)4(3-10)2-5(16-8)18-9(13,14)15/h2,7H,3H2,1H3. The maximum atomic E-state index is 12.7. The molecule has 0 unspecified atom stereocenters. The first kappa shape index (κ1) is 14.9. The van der Waals surface area contributed by atoms with Gasteiger partial charge < -0.3 is 9.47 Å². The topological polar surface area (TPSA) is 31.4 Å². The largest absolute Gasteiger partial charge is 0.574 e. The smallest absolute Gasteiger partial charge is 0.481 e. The van der Waals surface area contributed by atoms with Crippen LogP contribution in [-0.2, 0) is 5.33 Å². The molecule has 0 saturated heterocycles. The van der Waals surface area contributed by atoms with Crippen molar-refractivity contribution in [3.05, 3.63) is 17.2 Å². The Morgan fingerprint density at radius 3 is 2.39 bits per heavy atom. The quantitative estimate of drug-likeness (QED) is 0.619. The summed E-state index contributed by atoms with van der Waals surface area (Å²) in [6.45, 7) is 0. The van der Waals surface area contributed by atoms with Crippen LogP contribution < -0.4 is 9.47 Å². The van der Waals surface area contributed by atoms with Crippen molar-refractivity contribution in [2.75, 3.05) is 7.11 Å². The third kappa shape index (κ3) is 3.69. The van der Waals surface area contributed by atoms with Crippen LogP contribution in [0.15, 0.2) is 6.07 Å². The van der Waals surface area contributed by atoms with Gasteiger partial charge in [0.2, 0.25) is 11.8 Å². The second-order valence-corrected chi connectivity index (χ2v) is 3.59. The monoisotopic (exact) mass is 335 g/mol. The van der Waals surface area contributed by atoms with Gasteiger partial charge in [0.25, 0.3) is 6.43 Å². The molecule has 0 aliphatic carbocycles. The Balaban J connectivity index is 3.26. The number of methoxy groups -OCH3 is 1. The number of rotatable bonds is 4. The van der Waals surface area contributed by atoms with Crippen molar-refractivity contribution >= 4 is 15.9 Å². The number of halogens is 6. The molecule has 0 fully saturated rings. The van der Waals surface area contributed by atoms with Gasteiger partial charge in [-0.05, 0) is 5.56 Å². The van der Waals surface area contributed by atoms with E-state index in [2.05, 4.69) is 30.4 Å². The minimum absolute atomic E-state index is 0.0836. The number of hydrogen-bond acceptors (Lipinski definition) is 3. The van der Waals surface area contributed by atoms with E-state index in [0.717, 1.165) is 13.2 Å². The average Bonchev–Trinajstić information content (AvgIpc) is 2.24. The third-order valence-corrected chi connectivity index (χ3v) is 2.47. The van der Waals surface area contributed by atoms with Gasteiger partial charge in [0.15, 0.2) is 0 Å². The molecule has 0 bridgehead atoms. The van der Waals surface area contributed by atoms with E-state index in [-0.39, 0.29) is 10.9 Å². The van der Waals surface area contributed by atoms with Crippen LogP contribution in [0.3, 0.4) is 0 Å². The number of alkyl halides is 6. The highest BCUT2D eigenvalue weighted by atomic mass is 79.9. The summed E-state index contributed by atoms with van der Waals surface area (Å²) in [6, 6.07) is 0.784. The maximum Gasteiger partial charge on any atom is 0.574 e. The molecule has 9 heteroatoms. The first-order chi connectivity index (χ1) is 8.28. The third-order valence-electron chi connectivity index (χ3n) is 1.86. The molecule has 0 spiro atoms. The highest BCUT2D eigenvalue weighted by molar-refractivity contribution is 9.08. The van der Waals surface area contributed by atoms with Gasteiger partial charge in [-0.1, -0.05) is 15.9 Å². The van der Waals surface area contributed by atoms with Crippen molar-refractivity contribution in [1.29, 1.82) is 0 Å². The normalized spacial score (nSPS) is 11.8. The van der Waals surface area contributed by atoms with E-state index < -0.39 is 30.1 Å². The van der Waals surface area contributed by atoms with Crippen molar-refractivity contribution in [2.24, 2.45) is 0 Å². The van der Waals surface area contributed by atoms with Crippen LogP contribution in [0.25, 0.3) is 0 Å². The average molecular weight is 336 g/mol. The minimum atomic E-state index is -4.95. The summed E-state index contributed by atoms with van der Waals surface area (Å²) >= 11 is 2.90. The van der Waals surface area contributed by atoms with E-state index in [0.29, 0.717) is 0 Å². The molecule has 1 aromatic heterocycles. The van der Waals surface area contributed by atoms with Gasteiger partial charge in [-0.25, -0.2) is 8.78 Å². The summed E-state index contributed by atoms with van der Waals surface area (Å²) in [4.78, 5) is 3.24. The maximum absolute atomic E-state index is 12.7. The zero-order valence-electron chi connectivity index (χ0n) is 8.89.